The fourth-order valence-electron chi connectivity index (χ4n) is 1.91. The van der Waals surface area contributed by atoms with Crippen molar-refractivity contribution < 1.29 is 23.8 Å². The van der Waals surface area contributed by atoms with Gasteiger partial charge in [-0.3, -0.25) is 4.90 Å². The Morgan fingerprint density at radius 1 is 1.12 bits per heavy atom. The molecule has 0 aromatic heterocycles. The highest BCUT2D eigenvalue weighted by Gasteiger charge is 2.39. The van der Waals surface area contributed by atoms with E-state index >= 15 is 0 Å². The van der Waals surface area contributed by atoms with Crippen LogP contribution in [-0.2, 0) is 19.0 Å². The summed E-state index contributed by atoms with van der Waals surface area (Å²) >= 11 is 0. The molecule has 2 atom stereocenters. The first-order valence-electron chi connectivity index (χ1n) is 5.12. The normalized spacial score (nSPS) is 25.1. The molecule has 0 aromatic carbocycles. The van der Waals surface area contributed by atoms with Crippen molar-refractivity contribution in [2.75, 3.05) is 21.3 Å². The number of piperidine rings is 1. The molecule has 0 aliphatic carbocycles. The van der Waals surface area contributed by atoms with Gasteiger partial charge in [0.25, 0.3) is 0 Å². The lowest BCUT2D eigenvalue weighted by Crippen LogP contribution is -2.54. The molecule has 0 radical (unpaired) electrons. The van der Waals surface area contributed by atoms with Gasteiger partial charge in [0.15, 0.2) is 0 Å². The molecule has 1 rings (SSSR count). The highest BCUT2D eigenvalue weighted by molar-refractivity contribution is 5.81. The molecule has 0 aromatic rings. The van der Waals surface area contributed by atoms with Crippen LogP contribution in [0, 0.1) is 0 Å². The maximum absolute atomic E-state index is 11.6. The molecule has 6 nitrogen and oxygen atoms in total. The predicted octanol–water partition coefficient (Wildman–Crippen LogP) is 0.753. The summed E-state index contributed by atoms with van der Waals surface area (Å²) in [5, 5.41) is 0. The number of ether oxygens (including phenoxy) is 3. The molecule has 92 valence electrons. The molecular formula is C10H17NO5. The average molecular weight is 231 g/mol. The number of methoxy groups -OCH3 is 3. The van der Waals surface area contributed by atoms with E-state index in [0.29, 0.717) is 12.8 Å². The van der Waals surface area contributed by atoms with Gasteiger partial charge in [0, 0.05) is 7.11 Å². The predicted molar refractivity (Wildman–Crippen MR) is 54.7 cm³/mol. The largest absolute Gasteiger partial charge is 0.467 e. The van der Waals surface area contributed by atoms with Gasteiger partial charge in [0.2, 0.25) is 0 Å². The third kappa shape index (κ3) is 2.44. The summed E-state index contributed by atoms with van der Waals surface area (Å²) in [6, 6.07) is -0.615. The summed E-state index contributed by atoms with van der Waals surface area (Å²) in [6.07, 6.45) is 1.08. The van der Waals surface area contributed by atoms with E-state index in [4.69, 9.17) is 4.74 Å². The Morgan fingerprint density at radius 3 is 2.31 bits per heavy atom. The molecule has 0 N–H and O–H groups in total. The number of rotatable bonds is 2. The second kappa shape index (κ2) is 5.69. The average Bonchev–Trinajstić information content (AvgIpc) is 2.35. The number of likely N-dealkylation sites (tertiary alicyclic amines) is 1. The molecule has 16 heavy (non-hydrogen) atoms. The van der Waals surface area contributed by atoms with E-state index in [9.17, 15) is 9.59 Å². The molecule has 1 fully saturated rings. The van der Waals surface area contributed by atoms with Crippen LogP contribution in [-0.4, -0.2) is 50.6 Å². The van der Waals surface area contributed by atoms with Crippen LogP contribution in [0.4, 0.5) is 4.79 Å². The Kier molecular flexibility index (Phi) is 4.54. The maximum Gasteiger partial charge on any atom is 0.412 e. The zero-order valence-corrected chi connectivity index (χ0v) is 9.76. The summed E-state index contributed by atoms with van der Waals surface area (Å²) in [7, 11) is 4.08. The summed E-state index contributed by atoms with van der Waals surface area (Å²) in [5.41, 5.74) is 0. The maximum atomic E-state index is 11.6. The molecule has 0 saturated carbocycles. The topological polar surface area (TPSA) is 65.1 Å². The zero-order chi connectivity index (χ0) is 12.1. The van der Waals surface area contributed by atoms with Crippen LogP contribution in [0.25, 0.3) is 0 Å². The zero-order valence-electron chi connectivity index (χ0n) is 9.76. The first kappa shape index (κ1) is 12.8. The first-order valence-corrected chi connectivity index (χ1v) is 5.12. The van der Waals surface area contributed by atoms with Crippen molar-refractivity contribution >= 4 is 12.1 Å². The molecule has 1 aliphatic rings. The molecule has 1 unspecified atom stereocenters. The highest BCUT2D eigenvalue weighted by atomic mass is 16.6. The van der Waals surface area contributed by atoms with Gasteiger partial charge in [-0.1, -0.05) is 0 Å². The standard InChI is InChI=1S/C10H17NO5/c1-14-8-6-4-5-7(9(12)15-2)11(8)10(13)16-3/h7-8H,4-6H2,1-3H3/t7-,8?/m1/s1. The van der Waals surface area contributed by atoms with Crippen LogP contribution >= 0.6 is 0 Å². The second-order valence-corrected chi connectivity index (χ2v) is 3.54. The summed E-state index contributed by atoms with van der Waals surface area (Å²) in [5.74, 6) is -0.438. The molecule has 1 heterocycles. The number of carbonyl (C=O) groups is 2. The van der Waals surface area contributed by atoms with Crippen molar-refractivity contribution in [1.82, 2.24) is 4.90 Å². The van der Waals surface area contributed by atoms with Crippen molar-refractivity contribution in [1.29, 1.82) is 0 Å². The van der Waals surface area contributed by atoms with Gasteiger partial charge in [-0.15, -0.1) is 0 Å². The van der Waals surface area contributed by atoms with E-state index in [0.717, 1.165) is 6.42 Å². The minimum Gasteiger partial charge on any atom is -0.467 e. The lowest BCUT2D eigenvalue weighted by Gasteiger charge is -2.38. The first-order chi connectivity index (χ1) is 7.65. The lowest BCUT2D eigenvalue weighted by molar-refractivity contribution is -0.155. The SMILES string of the molecule is COC(=O)[C@H]1CCCC(OC)N1C(=O)OC. The molecule has 6 heteroatoms. The van der Waals surface area contributed by atoms with Crippen molar-refractivity contribution in [3.63, 3.8) is 0 Å². The van der Waals surface area contributed by atoms with E-state index in [1.54, 1.807) is 0 Å². The minimum absolute atomic E-state index is 0.426. The van der Waals surface area contributed by atoms with Gasteiger partial charge in [0.05, 0.1) is 14.2 Å². The highest BCUT2D eigenvalue weighted by Crippen LogP contribution is 2.24. The van der Waals surface area contributed by atoms with Crippen molar-refractivity contribution in [3.8, 4) is 0 Å². The summed E-state index contributed by atoms with van der Waals surface area (Å²) in [6.45, 7) is 0. The molecule has 1 amide bonds. The van der Waals surface area contributed by atoms with Crippen molar-refractivity contribution in [2.24, 2.45) is 0 Å². The quantitative estimate of drug-likeness (QED) is 0.656. The van der Waals surface area contributed by atoms with Crippen LogP contribution in [0.2, 0.25) is 0 Å². The Labute approximate surface area is 94.4 Å². The van der Waals surface area contributed by atoms with Gasteiger partial charge in [-0.05, 0) is 19.3 Å². The van der Waals surface area contributed by atoms with Gasteiger partial charge >= 0.3 is 12.1 Å². The van der Waals surface area contributed by atoms with Crippen LogP contribution in [0.15, 0.2) is 0 Å². The van der Waals surface area contributed by atoms with E-state index < -0.39 is 24.3 Å². The number of hydrogen-bond acceptors (Lipinski definition) is 5. The van der Waals surface area contributed by atoms with E-state index in [1.807, 2.05) is 0 Å². The Morgan fingerprint density at radius 2 is 1.81 bits per heavy atom. The van der Waals surface area contributed by atoms with Crippen molar-refractivity contribution in [3.05, 3.63) is 0 Å². The molecular weight excluding hydrogens is 214 g/mol. The Hall–Kier alpha value is -1.30. The van der Waals surface area contributed by atoms with E-state index in [-0.39, 0.29) is 0 Å². The van der Waals surface area contributed by atoms with E-state index in [2.05, 4.69) is 9.47 Å². The molecule has 1 saturated heterocycles. The second-order valence-electron chi connectivity index (χ2n) is 3.54. The van der Waals surface area contributed by atoms with Crippen LogP contribution in [0.5, 0.6) is 0 Å². The number of nitrogens with zero attached hydrogens (tertiary/aromatic N) is 1. The number of carbonyl (C=O) groups excluding carboxylic acids is 2. The van der Waals surface area contributed by atoms with Crippen molar-refractivity contribution in [2.45, 2.75) is 31.5 Å². The fourth-order valence-corrected chi connectivity index (χ4v) is 1.91. The van der Waals surface area contributed by atoms with Crippen LogP contribution in [0.3, 0.4) is 0 Å². The van der Waals surface area contributed by atoms with Crippen LogP contribution < -0.4 is 0 Å². The van der Waals surface area contributed by atoms with Gasteiger partial charge < -0.3 is 14.2 Å². The molecule has 1 aliphatic heterocycles. The van der Waals surface area contributed by atoms with Gasteiger partial charge in [0.1, 0.15) is 12.3 Å². The fraction of sp³-hybridized carbons (Fsp3) is 0.800. The molecule has 0 spiro atoms. The number of amides is 1. The lowest BCUT2D eigenvalue weighted by atomic mass is 10.0. The number of esters is 1. The Balaban J connectivity index is 2.87. The summed E-state index contributed by atoms with van der Waals surface area (Å²) in [4.78, 5) is 24.4. The van der Waals surface area contributed by atoms with Crippen LogP contribution in [0.1, 0.15) is 19.3 Å². The third-order valence-corrected chi connectivity index (χ3v) is 2.71. The monoisotopic (exact) mass is 231 g/mol. The third-order valence-electron chi connectivity index (χ3n) is 2.71. The van der Waals surface area contributed by atoms with E-state index in [1.165, 1.54) is 26.2 Å². The minimum atomic E-state index is -0.615. The van der Waals surface area contributed by atoms with Gasteiger partial charge in [-0.2, -0.15) is 0 Å². The molecule has 0 bridgehead atoms. The number of hydrogen-bond donors (Lipinski definition) is 0. The smallest absolute Gasteiger partial charge is 0.412 e. The summed E-state index contributed by atoms with van der Waals surface area (Å²) < 4.78 is 14.5. The van der Waals surface area contributed by atoms with Gasteiger partial charge in [-0.25, -0.2) is 9.59 Å². The Bertz CT molecular complexity index is 268.